The fourth-order valence-electron chi connectivity index (χ4n) is 1.86. The van der Waals surface area contributed by atoms with Gasteiger partial charge in [0.2, 0.25) is 0 Å². The van der Waals surface area contributed by atoms with Crippen LogP contribution in [-0.4, -0.2) is 0 Å². The Hall–Kier alpha value is 0. The molecule has 0 bridgehead atoms. The lowest BCUT2D eigenvalue weighted by Gasteiger charge is -2.16. The molecular weight excluding hydrogens is 336 g/mol. The van der Waals surface area contributed by atoms with Crippen LogP contribution in [0.1, 0.15) is 173 Å². The molecule has 0 aromatic carbocycles. The summed E-state index contributed by atoms with van der Waals surface area (Å²) < 4.78 is 0. The van der Waals surface area contributed by atoms with Gasteiger partial charge in [-0.15, -0.1) is 0 Å². The number of rotatable bonds is 10. The van der Waals surface area contributed by atoms with Gasteiger partial charge in [0, 0.05) is 0 Å². The van der Waals surface area contributed by atoms with Crippen molar-refractivity contribution in [2.75, 3.05) is 0 Å². The summed E-state index contributed by atoms with van der Waals surface area (Å²) in [5.74, 6) is 0.904. The average Bonchev–Trinajstić information content (AvgIpc) is 2.68. The summed E-state index contributed by atoms with van der Waals surface area (Å²) in [5, 5.41) is 0. The Morgan fingerprint density at radius 3 is 1.07 bits per heavy atom. The van der Waals surface area contributed by atoms with Gasteiger partial charge in [-0.3, -0.25) is 0 Å². The van der Waals surface area contributed by atoms with Crippen molar-refractivity contribution in [3.05, 3.63) is 0 Å². The molecule has 0 rings (SSSR count). The molecule has 0 nitrogen and oxygen atoms in total. The summed E-state index contributed by atoms with van der Waals surface area (Å²) in [7, 11) is 0. The quantitative estimate of drug-likeness (QED) is 0.318. The van der Waals surface area contributed by atoms with E-state index in [2.05, 4.69) is 76.2 Å². The first-order chi connectivity index (χ1) is 13.2. The SMILES string of the molecule is CC.CCCC.CCCC.CCCCC(C)(C)C.CCCCCCCC(C)C. The molecule has 0 aromatic rings. The fraction of sp³-hybridized carbons (Fsp3) is 1.00. The molecule has 0 saturated carbocycles. The topological polar surface area (TPSA) is 0 Å². The predicted octanol–water partition coefficient (Wildman–Crippen LogP) is 11.9. The van der Waals surface area contributed by atoms with Gasteiger partial charge in [0.15, 0.2) is 0 Å². The highest BCUT2D eigenvalue weighted by Crippen LogP contribution is 2.20. The molecule has 0 heteroatoms. The number of hydrogen-bond donors (Lipinski definition) is 0. The minimum atomic E-state index is 0.552. The molecular formula is C28H66. The van der Waals surface area contributed by atoms with E-state index >= 15 is 0 Å². The van der Waals surface area contributed by atoms with E-state index < -0.39 is 0 Å². The van der Waals surface area contributed by atoms with E-state index in [1.165, 1.54) is 83.5 Å². The Morgan fingerprint density at radius 2 is 0.857 bits per heavy atom. The molecule has 0 unspecified atom stereocenters. The van der Waals surface area contributed by atoms with E-state index in [1.54, 1.807) is 0 Å². The number of hydrogen-bond acceptors (Lipinski definition) is 0. The van der Waals surface area contributed by atoms with Crippen LogP contribution in [0, 0.1) is 11.3 Å². The van der Waals surface area contributed by atoms with Crippen LogP contribution in [0.4, 0.5) is 0 Å². The van der Waals surface area contributed by atoms with E-state index in [0.29, 0.717) is 5.41 Å². The summed E-state index contributed by atoms with van der Waals surface area (Å²) in [6.45, 7) is 28.7. The molecule has 0 aliphatic carbocycles. The molecule has 0 saturated heterocycles. The van der Waals surface area contributed by atoms with E-state index in [9.17, 15) is 0 Å². The molecule has 178 valence electrons. The van der Waals surface area contributed by atoms with Crippen LogP contribution >= 0.6 is 0 Å². The molecule has 0 N–H and O–H groups in total. The zero-order valence-corrected chi connectivity index (χ0v) is 23.3. The van der Waals surface area contributed by atoms with Crippen molar-refractivity contribution in [3.63, 3.8) is 0 Å². The monoisotopic (exact) mass is 403 g/mol. The van der Waals surface area contributed by atoms with Gasteiger partial charge in [-0.05, 0) is 17.8 Å². The van der Waals surface area contributed by atoms with Crippen LogP contribution in [0.15, 0.2) is 0 Å². The van der Waals surface area contributed by atoms with E-state index in [1.807, 2.05) is 13.8 Å². The van der Waals surface area contributed by atoms with Crippen LogP contribution in [0.2, 0.25) is 0 Å². The Balaban J connectivity index is -0.0000000873. The van der Waals surface area contributed by atoms with Gasteiger partial charge < -0.3 is 0 Å². The Labute approximate surface area is 185 Å². The highest BCUT2D eigenvalue weighted by atomic mass is 14.1. The lowest BCUT2D eigenvalue weighted by Crippen LogP contribution is -2.03. The Kier molecular flexibility index (Phi) is 52.0. The van der Waals surface area contributed by atoms with Crippen molar-refractivity contribution in [3.8, 4) is 0 Å². The lowest BCUT2D eigenvalue weighted by atomic mass is 9.90. The molecule has 0 aliphatic heterocycles. The standard InChI is InChI=1S/C10H22.C8H18.2C4H10.C2H6/c1-4-5-6-7-8-9-10(2)3;1-5-6-7-8(2,3)4;2*1-3-4-2;1-2/h10H,4-9H2,1-3H3;5-7H2,1-4H3;2*3-4H2,1-2H3;1-2H3. The van der Waals surface area contributed by atoms with E-state index in [0.717, 1.165) is 5.92 Å². The first-order valence-electron chi connectivity index (χ1n) is 13.2. The smallest absolute Gasteiger partial charge is 0.0383 e. The van der Waals surface area contributed by atoms with E-state index in [-0.39, 0.29) is 0 Å². The van der Waals surface area contributed by atoms with Crippen molar-refractivity contribution < 1.29 is 0 Å². The highest BCUT2D eigenvalue weighted by molar-refractivity contribution is 4.59. The van der Waals surface area contributed by atoms with Crippen LogP contribution in [-0.2, 0) is 0 Å². The third-order valence-electron chi connectivity index (χ3n) is 4.17. The first-order valence-corrected chi connectivity index (χ1v) is 13.2. The largest absolute Gasteiger partial charge is 0.0683 e. The third kappa shape index (κ3) is 82.9. The second-order valence-corrected chi connectivity index (χ2v) is 9.26. The van der Waals surface area contributed by atoms with Crippen molar-refractivity contribution in [1.82, 2.24) is 0 Å². The van der Waals surface area contributed by atoms with Gasteiger partial charge >= 0.3 is 0 Å². The zero-order chi connectivity index (χ0) is 23.3. The molecule has 0 atom stereocenters. The third-order valence-corrected chi connectivity index (χ3v) is 4.17. The summed E-state index contributed by atoms with van der Waals surface area (Å²) >= 11 is 0. The summed E-state index contributed by atoms with van der Waals surface area (Å²) in [5.41, 5.74) is 0.552. The van der Waals surface area contributed by atoms with Crippen LogP contribution < -0.4 is 0 Å². The lowest BCUT2D eigenvalue weighted by molar-refractivity contribution is 0.363. The fourth-order valence-corrected chi connectivity index (χ4v) is 1.86. The molecule has 0 aromatic heterocycles. The van der Waals surface area contributed by atoms with Crippen molar-refractivity contribution in [1.29, 1.82) is 0 Å². The Bertz CT molecular complexity index is 177. The zero-order valence-electron chi connectivity index (χ0n) is 23.3. The second kappa shape index (κ2) is 37.7. The second-order valence-electron chi connectivity index (χ2n) is 9.26. The van der Waals surface area contributed by atoms with Crippen LogP contribution in [0.3, 0.4) is 0 Å². The molecule has 0 aliphatic rings. The maximum atomic E-state index is 2.31. The molecule has 0 heterocycles. The maximum Gasteiger partial charge on any atom is -0.0383 e. The van der Waals surface area contributed by atoms with Gasteiger partial charge in [-0.2, -0.15) is 0 Å². The molecule has 0 amide bonds. The maximum absolute atomic E-state index is 2.31. The number of unbranched alkanes of at least 4 members (excludes halogenated alkanes) is 7. The Morgan fingerprint density at radius 1 is 0.500 bits per heavy atom. The van der Waals surface area contributed by atoms with Crippen LogP contribution in [0.5, 0.6) is 0 Å². The normalized spacial score (nSPS) is 9.64. The van der Waals surface area contributed by atoms with E-state index in [4.69, 9.17) is 0 Å². The van der Waals surface area contributed by atoms with Gasteiger partial charge in [0.05, 0.1) is 0 Å². The highest BCUT2D eigenvalue weighted by Gasteiger charge is 2.07. The van der Waals surface area contributed by atoms with Gasteiger partial charge in [-0.1, -0.05) is 167 Å². The first kappa shape index (κ1) is 38.6. The molecule has 0 spiro atoms. The van der Waals surface area contributed by atoms with Gasteiger partial charge in [0.25, 0.3) is 0 Å². The summed E-state index contributed by atoms with van der Waals surface area (Å²) in [6, 6.07) is 0. The molecule has 0 radical (unpaired) electrons. The van der Waals surface area contributed by atoms with Gasteiger partial charge in [0.1, 0.15) is 0 Å². The van der Waals surface area contributed by atoms with Crippen molar-refractivity contribution in [2.24, 2.45) is 11.3 Å². The van der Waals surface area contributed by atoms with Crippen molar-refractivity contribution in [2.45, 2.75) is 173 Å². The molecule has 0 fully saturated rings. The minimum Gasteiger partial charge on any atom is -0.0683 e. The van der Waals surface area contributed by atoms with Gasteiger partial charge in [-0.25, -0.2) is 0 Å². The van der Waals surface area contributed by atoms with Crippen molar-refractivity contribution >= 4 is 0 Å². The predicted molar refractivity (Wildman–Crippen MR) is 140 cm³/mol. The summed E-state index contributed by atoms with van der Waals surface area (Å²) in [6.07, 6.45) is 17.9. The average molecular weight is 403 g/mol. The van der Waals surface area contributed by atoms with Crippen LogP contribution in [0.25, 0.3) is 0 Å². The minimum absolute atomic E-state index is 0.552. The summed E-state index contributed by atoms with van der Waals surface area (Å²) in [4.78, 5) is 0. The molecule has 28 heavy (non-hydrogen) atoms.